The van der Waals surface area contributed by atoms with Crippen molar-refractivity contribution in [3.8, 4) is 5.75 Å². The van der Waals surface area contributed by atoms with Gasteiger partial charge >= 0.3 is 5.97 Å². The van der Waals surface area contributed by atoms with Gasteiger partial charge in [0.05, 0.1) is 12.8 Å². The zero-order chi connectivity index (χ0) is 19.8. The number of amides is 1. The molecule has 1 amide bonds. The van der Waals surface area contributed by atoms with Gasteiger partial charge in [0.1, 0.15) is 11.5 Å². The highest BCUT2D eigenvalue weighted by atomic mass is 16.5. The quantitative estimate of drug-likeness (QED) is 0.803. The lowest BCUT2D eigenvalue weighted by molar-refractivity contribution is 0.0657. The average Bonchev–Trinajstić information content (AvgIpc) is 2.95. The lowest BCUT2D eigenvalue weighted by Gasteiger charge is -2.29. The molecule has 0 fully saturated rings. The third kappa shape index (κ3) is 3.72. The predicted molar refractivity (Wildman–Crippen MR) is 99.5 cm³/mol. The van der Waals surface area contributed by atoms with Crippen molar-refractivity contribution in [3.63, 3.8) is 0 Å². The van der Waals surface area contributed by atoms with Gasteiger partial charge in [-0.25, -0.2) is 10.2 Å². The van der Waals surface area contributed by atoms with Crippen LogP contribution in [0.1, 0.15) is 58.1 Å². The summed E-state index contributed by atoms with van der Waals surface area (Å²) in [7, 11) is 1.56. The lowest BCUT2D eigenvalue weighted by Crippen LogP contribution is -2.29. The van der Waals surface area contributed by atoms with E-state index < -0.39 is 5.97 Å². The molecule has 1 aliphatic rings. The summed E-state index contributed by atoms with van der Waals surface area (Å²) >= 11 is 0. The predicted octanol–water partition coefficient (Wildman–Crippen LogP) is 3.40. The summed E-state index contributed by atoms with van der Waals surface area (Å²) in [6.45, 7) is 5.80. The van der Waals surface area contributed by atoms with Gasteiger partial charge in [0.15, 0.2) is 0 Å². The number of benzene rings is 1. The van der Waals surface area contributed by atoms with Crippen LogP contribution in [0.15, 0.2) is 33.8 Å². The number of furan rings is 1. The van der Waals surface area contributed by atoms with Gasteiger partial charge in [-0.1, -0.05) is 13.8 Å². The molecule has 1 aliphatic carbocycles. The first-order valence-electron chi connectivity index (χ1n) is 8.59. The summed E-state index contributed by atoms with van der Waals surface area (Å²) in [6, 6.07) is 6.69. The van der Waals surface area contributed by atoms with Gasteiger partial charge in [0.25, 0.3) is 5.91 Å². The topological polar surface area (TPSA) is 101 Å². The van der Waals surface area contributed by atoms with Crippen LogP contribution in [0.2, 0.25) is 0 Å². The molecular weight excluding hydrogens is 348 g/mol. The molecular formula is C20H22N2O5. The number of aromatic carboxylic acids is 1. The number of hydrogen-bond acceptors (Lipinski definition) is 5. The summed E-state index contributed by atoms with van der Waals surface area (Å²) in [5, 5.41) is 13.6. The van der Waals surface area contributed by atoms with Crippen LogP contribution in [0, 0.1) is 12.3 Å². The Morgan fingerprint density at radius 1 is 1.22 bits per heavy atom. The van der Waals surface area contributed by atoms with Crippen molar-refractivity contribution >= 4 is 17.6 Å². The van der Waals surface area contributed by atoms with Crippen molar-refractivity contribution in [2.75, 3.05) is 7.11 Å². The highest BCUT2D eigenvalue weighted by molar-refractivity contribution is 6.07. The van der Waals surface area contributed by atoms with Crippen LogP contribution < -0.4 is 10.2 Å². The highest BCUT2D eigenvalue weighted by Crippen LogP contribution is 2.38. The number of hydrazone groups is 1. The van der Waals surface area contributed by atoms with E-state index in [9.17, 15) is 14.7 Å². The average molecular weight is 370 g/mol. The number of carboxylic acids is 1. The molecule has 27 heavy (non-hydrogen) atoms. The van der Waals surface area contributed by atoms with Gasteiger partial charge in [-0.2, -0.15) is 5.10 Å². The molecule has 0 radical (unpaired) electrons. The fourth-order valence-corrected chi connectivity index (χ4v) is 3.34. The molecule has 7 heteroatoms. The molecule has 142 valence electrons. The molecule has 3 rings (SSSR count). The monoisotopic (exact) mass is 370 g/mol. The Balaban J connectivity index is 1.91. The first kappa shape index (κ1) is 18.7. The van der Waals surface area contributed by atoms with Gasteiger partial charge in [-0.3, -0.25) is 4.79 Å². The molecule has 0 saturated carbocycles. The minimum atomic E-state index is -1.11. The van der Waals surface area contributed by atoms with Crippen molar-refractivity contribution < 1.29 is 23.8 Å². The maximum absolute atomic E-state index is 12.4. The second-order valence-electron chi connectivity index (χ2n) is 7.41. The molecule has 1 aromatic heterocycles. The standard InChI is InChI=1S/C20H22N2O5/c1-11-16-14(9-20(2,3)10-15(16)27-17(11)19(24)25)21-22-18(23)12-5-7-13(26-4)8-6-12/h5-8H,9-10H2,1-4H3,(H,22,23)(H,24,25)/b21-14+. The third-order valence-electron chi connectivity index (χ3n) is 4.63. The Morgan fingerprint density at radius 2 is 1.89 bits per heavy atom. The van der Waals surface area contributed by atoms with Gasteiger partial charge in [0, 0.05) is 23.1 Å². The molecule has 0 spiro atoms. The van der Waals surface area contributed by atoms with Crippen molar-refractivity contribution in [3.05, 3.63) is 52.5 Å². The van der Waals surface area contributed by atoms with Crippen LogP contribution in [0.25, 0.3) is 0 Å². The molecule has 0 unspecified atom stereocenters. The SMILES string of the molecule is COc1ccc(C(=O)N/N=C2\CC(C)(C)Cc3oc(C(=O)O)c(C)c32)cc1. The van der Waals surface area contributed by atoms with Gasteiger partial charge in [-0.15, -0.1) is 0 Å². The smallest absolute Gasteiger partial charge is 0.372 e. The number of nitrogens with zero attached hydrogens (tertiary/aromatic N) is 1. The normalized spacial score (nSPS) is 16.7. The van der Waals surface area contributed by atoms with Crippen LogP contribution in [0.3, 0.4) is 0 Å². The number of methoxy groups -OCH3 is 1. The Kier molecular flexibility index (Phi) is 4.78. The molecule has 2 aromatic rings. The number of hydrogen-bond donors (Lipinski definition) is 2. The Hall–Kier alpha value is -3.09. The van der Waals surface area contributed by atoms with E-state index in [0.29, 0.717) is 46.8 Å². The van der Waals surface area contributed by atoms with Crippen LogP contribution in [0.5, 0.6) is 5.75 Å². The van der Waals surface area contributed by atoms with E-state index in [0.717, 1.165) is 0 Å². The van der Waals surface area contributed by atoms with Crippen molar-refractivity contribution in [2.45, 2.75) is 33.6 Å². The Bertz CT molecular complexity index is 923. The van der Waals surface area contributed by atoms with Gasteiger partial charge < -0.3 is 14.3 Å². The van der Waals surface area contributed by atoms with E-state index >= 15 is 0 Å². The lowest BCUT2D eigenvalue weighted by atomic mass is 9.75. The van der Waals surface area contributed by atoms with Gasteiger partial charge in [0.2, 0.25) is 5.76 Å². The third-order valence-corrected chi connectivity index (χ3v) is 4.63. The Labute approximate surface area is 157 Å². The zero-order valence-corrected chi connectivity index (χ0v) is 15.8. The van der Waals surface area contributed by atoms with Crippen LogP contribution in [-0.2, 0) is 6.42 Å². The van der Waals surface area contributed by atoms with Crippen molar-refractivity contribution in [1.29, 1.82) is 0 Å². The first-order valence-corrected chi connectivity index (χ1v) is 8.59. The fraction of sp³-hybridized carbons (Fsp3) is 0.350. The highest BCUT2D eigenvalue weighted by Gasteiger charge is 2.36. The largest absolute Gasteiger partial charge is 0.497 e. The number of carbonyl (C=O) groups excluding carboxylic acids is 1. The van der Waals surface area contributed by atoms with E-state index in [1.165, 1.54) is 0 Å². The number of rotatable bonds is 4. The molecule has 7 nitrogen and oxygen atoms in total. The van der Waals surface area contributed by atoms with E-state index in [1.807, 2.05) is 0 Å². The van der Waals surface area contributed by atoms with Crippen molar-refractivity contribution in [1.82, 2.24) is 5.43 Å². The number of carboxylic acid groups (broad SMARTS) is 1. The second-order valence-corrected chi connectivity index (χ2v) is 7.41. The summed E-state index contributed by atoms with van der Waals surface area (Å²) in [4.78, 5) is 23.8. The molecule has 0 saturated heterocycles. The fourth-order valence-electron chi connectivity index (χ4n) is 3.34. The minimum Gasteiger partial charge on any atom is -0.497 e. The molecule has 0 aliphatic heterocycles. The van der Waals surface area contributed by atoms with Crippen LogP contribution >= 0.6 is 0 Å². The molecule has 0 atom stereocenters. The minimum absolute atomic E-state index is 0.0770. The number of fused-ring (bicyclic) bond motifs is 1. The molecule has 0 bridgehead atoms. The maximum atomic E-state index is 12.4. The van der Waals surface area contributed by atoms with E-state index in [2.05, 4.69) is 24.4 Å². The van der Waals surface area contributed by atoms with Gasteiger partial charge in [-0.05, 0) is 43.0 Å². The molecule has 1 heterocycles. The van der Waals surface area contributed by atoms with E-state index in [4.69, 9.17) is 9.15 Å². The van der Waals surface area contributed by atoms with E-state index in [1.54, 1.807) is 38.3 Å². The Morgan fingerprint density at radius 3 is 2.48 bits per heavy atom. The number of ether oxygens (including phenoxy) is 1. The zero-order valence-electron chi connectivity index (χ0n) is 15.8. The summed E-state index contributed by atoms with van der Waals surface area (Å²) in [6.07, 6.45) is 1.21. The maximum Gasteiger partial charge on any atom is 0.372 e. The van der Waals surface area contributed by atoms with E-state index in [-0.39, 0.29) is 17.1 Å². The van der Waals surface area contributed by atoms with Crippen LogP contribution in [-0.4, -0.2) is 29.8 Å². The summed E-state index contributed by atoms with van der Waals surface area (Å²) < 4.78 is 10.7. The van der Waals surface area contributed by atoms with Crippen molar-refractivity contribution in [2.24, 2.45) is 10.5 Å². The summed E-state index contributed by atoms with van der Waals surface area (Å²) in [5.74, 6) is -0.284. The summed E-state index contributed by atoms with van der Waals surface area (Å²) in [5.41, 5.74) is 4.70. The number of carbonyl (C=O) groups is 2. The molecule has 1 aromatic carbocycles. The number of nitrogens with one attached hydrogen (secondary N) is 1. The molecule has 2 N–H and O–H groups in total. The van der Waals surface area contributed by atoms with Crippen LogP contribution in [0.4, 0.5) is 0 Å². The second kappa shape index (κ2) is 6.90. The first-order chi connectivity index (χ1) is 12.7.